The lowest BCUT2D eigenvalue weighted by Crippen LogP contribution is -2.29. The van der Waals surface area contributed by atoms with Gasteiger partial charge in [0.25, 0.3) is 5.91 Å². The molecule has 0 aromatic heterocycles. The molecule has 0 bridgehead atoms. The number of nitrogens with one attached hydrogen (secondary N) is 1. The summed E-state index contributed by atoms with van der Waals surface area (Å²) in [5.74, 6) is -1.63. The first kappa shape index (κ1) is 20.9. The molecular weight excluding hydrogens is 392 g/mol. The van der Waals surface area contributed by atoms with Gasteiger partial charge in [-0.05, 0) is 36.6 Å². The van der Waals surface area contributed by atoms with Crippen LogP contribution in [-0.4, -0.2) is 42.4 Å². The second-order valence-corrected chi connectivity index (χ2v) is 7.52. The summed E-state index contributed by atoms with van der Waals surface area (Å²) in [5, 5.41) is 3.03. The van der Waals surface area contributed by atoms with Crippen molar-refractivity contribution in [1.82, 2.24) is 4.90 Å². The van der Waals surface area contributed by atoms with Gasteiger partial charge >= 0.3 is 5.97 Å². The Kier molecular flexibility index (Phi) is 6.88. The smallest absolute Gasteiger partial charge is 0.311 e. The van der Waals surface area contributed by atoms with E-state index in [2.05, 4.69) is 5.32 Å². The highest BCUT2D eigenvalue weighted by molar-refractivity contribution is 6.33. The number of hydrogen-bond acceptors (Lipinski definition) is 4. The minimum Gasteiger partial charge on any atom is -0.455 e. The van der Waals surface area contributed by atoms with Crippen LogP contribution in [0.2, 0.25) is 5.02 Å². The Morgan fingerprint density at radius 1 is 1.21 bits per heavy atom. The molecule has 3 rings (SSSR count). The van der Waals surface area contributed by atoms with Crippen molar-refractivity contribution in [3.63, 3.8) is 0 Å². The fraction of sp³-hybridized carbons (Fsp3) is 0.318. The number of carbonyl (C=O) groups excluding carboxylic acids is 3. The average molecular weight is 415 g/mol. The van der Waals surface area contributed by atoms with E-state index >= 15 is 0 Å². The van der Waals surface area contributed by atoms with Gasteiger partial charge in [-0.2, -0.15) is 0 Å². The fourth-order valence-electron chi connectivity index (χ4n) is 3.22. The third kappa shape index (κ3) is 5.81. The minimum atomic E-state index is -0.547. The van der Waals surface area contributed by atoms with E-state index in [1.54, 1.807) is 17.0 Å². The minimum absolute atomic E-state index is 0.0706. The average Bonchev–Trinajstić information content (AvgIpc) is 3.08. The van der Waals surface area contributed by atoms with Gasteiger partial charge in [0.05, 0.1) is 16.6 Å². The number of nitrogens with zero attached hydrogens (tertiary/aromatic N) is 1. The number of hydrogen-bond donors (Lipinski definition) is 1. The lowest BCUT2D eigenvalue weighted by Gasteiger charge is -2.16. The molecule has 0 saturated carbocycles. The molecule has 1 saturated heterocycles. The quantitative estimate of drug-likeness (QED) is 0.706. The molecule has 0 spiro atoms. The molecule has 2 amide bonds. The Balaban J connectivity index is 1.44. The molecule has 1 heterocycles. The summed E-state index contributed by atoms with van der Waals surface area (Å²) in [5.41, 5.74) is 2.57. The van der Waals surface area contributed by atoms with Crippen molar-refractivity contribution >= 4 is 35.1 Å². The third-order valence-corrected chi connectivity index (χ3v) is 5.12. The number of esters is 1. The zero-order valence-corrected chi connectivity index (χ0v) is 16.9. The molecule has 2 aromatic rings. The van der Waals surface area contributed by atoms with Gasteiger partial charge in [0, 0.05) is 19.5 Å². The summed E-state index contributed by atoms with van der Waals surface area (Å²) in [6.45, 7) is 2.35. The van der Waals surface area contributed by atoms with Crippen LogP contribution in [0.1, 0.15) is 17.5 Å². The highest BCUT2D eigenvalue weighted by Gasteiger charge is 2.35. The normalized spacial score (nSPS) is 16.0. The molecule has 1 N–H and O–H groups in total. The van der Waals surface area contributed by atoms with Crippen molar-refractivity contribution in [2.75, 3.05) is 25.0 Å². The number of carbonyl (C=O) groups is 3. The number of halogens is 1. The Hall–Kier alpha value is -2.86. The molecule has 7 heteroatoms. The molecule has 2 aromatic carbocycles. The summed E-state index contributed by atoms with van der Waals surface area (Å²) >= 11 is 6.08. The van der Waals surface area contributed by atoms with Crippen molar-refractivity contribution in [3.8, 4) is 0 Å². The second kappa shape index (κ2) is 9.56. The molecule has 1 atom stereocenters. The predicted molar refractivity (Wildman–Crippen MR) is 111 cm³/mol. The summed E-state index contributed by atoms with van der Waals surface area (Å²) < 4.78 is 5.11. The zero-order valence-electron chi connectivity index (χ0n) is 16.2. The number of ether oxygens (including phenoxy) is 1. The van der Waals surface area contributed by atoms with Crippen molar-refractivity contribution in [3.05, 3.63) is 64.7 Å². The van der Waals surface area contributed by atoms with Crippen LogP contribution < -0.4 is 5.32 Å². The number of benzene rings is 2. The highest BCUT2D eigenvalue weighted by atomic mass is 35.5. The van der Waals surface area contributed by atoms with E-state index in [0.29, 0.717) is 23.8 Å². The molecule has 29 heavy (non-hydrogen) atoms. The first-order chi connectivity index (χ1) is 13.9. The van der Waals surface area contributed by atoms with Gasteiger partial charge in [-0.1, -0.05) is 48.0 Å². The zero-order chi connectivity index (χ0) is 20.8. The predicted octanol–water partition coefficient (Wildman–Crippen LogP) is 3.22. The Morgan fingerprint density at radius 2 is 1.97 bits per heavy atom. The largest absolute Gasteiger partial charge is 0.455 e. The summed E-state index contributed by atoms with van der Waals surface area (Å²) in [6, 6.07) is 15.1. The van der Waals surface area contributed by atoms with Crippen LogP contribution in [0.4, 0.5) is 5.69 Å². The van der Waals surface area contributed by atoms with Crippen LogP contribution in [0, 0.1) is 12.8 Å². The third-order valence-electron chi connectivity index (χ3n) is 4.81. The summed E-state index contributed by atoms with van der Waals surface area (Å²) in [6.07, 6.45) is 0.840. The van der Waals surface area contributed by atoms with Gasteiger partial charge < -0.3 is 15.0 Å². The highest BCUT2D eigenvalue weighted by Crippen LogP contribution is 2.23. The van der Waals surface area contributed by atoms with E-state index < -0.39 is 24.4 Å². The standard InChI is InChI=1S/C22H23ClN2O4/c1-15-7-8-19(18(23)11-15)24-20(26)14-29-22(28)17-12-21(27)25(13-17)10-9-16-5-3-2-4-6-16/h2-8,11,17H,9-10,12-14H2,1H3,(H,24,26)/t17-/m1/s1. The van der Waals surface area contributed by atoms with Gasteiger partial charge in [0.2, 0.25) is 5.91 Å². The van der Waals surface area contributed by atoms with E-state index in [9.17, 15) is 14.4 Å². The van der Waals surface area contributed by atoms with Crippen LogP contribution in [-0.2, 0) is 25.5 Å². The van der Waals surface area contributed by atoms with Crippen LogP contribution in [0.5, 0.6) is 0 Å². The van der Waals surface area contributed by atoms with Crippen LogP contribution in [0.15, 0.2) is 48.5 Å². The van der Waals surface area contributed by atoms with Crippen LogP contribution in [0.25, 0.3) is 0 Å². The molecule has 1 aliphatic rings. The maximum absolute atomic E-state index is 12.3. The number of likely N-dealkylation sites (tertiary alicyclic amines) is 1. The molecule has 0 aliphatic carbocycles. The van der Waals surface area contributed by atoms with Crippen molar-refractivity contribution < 1.29 is 19.1 Å². The van der Waals surface area contributed by atoms with Gasteiger partial charge in [-0.15, -0.1) is 0 Å². The van der Waals surface area contributed by atoms with E-state index in [1.807, 2.05) is 43.3 Å². The van der Waals surface area contributed by atoms with Gasteiger partial charge in [0.1, 0.15) is 0 Å². The molecule has 152 valence electrons. The first-order valence-corrected chi connectivity index (χ1v) is 9.84. The molecule has 0 radical (unpaired) electrons. The van der Waals surface area contributed by atoms with E-state index in [4.69, 9.17) is 16.3 Å². The van der Waals surface area contributed by atoms with Crippen molar-refractivity contribution in [2.45, 2.75) is 19.8 Å². The number of anilines is 1. The number of amides is 2. The second-order valence-electron chi connectivity index (χ2n) is 7.12. The summed E-state index contributed by atoms with van der Waals surface area (Å²) in [7, 11) is 0. The summed E-state index contributed by atoms with van der Waals surface area (Å²) in [4.78, 5) is 38.2. The van der Waals surface area contributed by atoms with Gasteiger partial charge in [0.15, 0.2) is 6.61 Å². The maximum Gasteiger partial charge on any atom is 0.311 e. The maximum atomic E-state index is 12.3. The van der Waals surface area contributed by atoms with Gasteiger partial charge in [-0.3, -0.25) is 14.4 Å². The molecule has 0 unspecified atom stereocenters. The first-order valence-electron chi connectivity index (χ1n) is 9.46. The number of rotatable bonds is 7. The van der Waals surface area contributed by atoms with Gasteiger partial charge in [-0.25, -0.2) is 0 Å². The molecule has 6 nitrogen and oxygen atoms in total. The Bertz CT molecular complexity index is 901. The molecule has 1 fully saturated rings. The lowest BCUT2D eigenvalue weighted by atomic mass is 10.1. The topological polar surface area (TPSA) is 75.7 Å². The van der Waals surface area contributed by atoms with E-state index in [0.717, 1.165) is 17.5 Å². The molecular formula is C22H23ClN2O4. The van der Waals surface area contributed by atoms with E-state index in [-0.39, 0.29) is 12.3 Å². The van der Waals surface area contributed by atoms with Crippen LogP contribution >= 0.6 is 11.6 Å². The lowest BCUT2D eigenvalue weighted by molar-refractivity contribution is -0.151. The van der Waals surface area contributed by atoms with Crippen LogP contribution in [0.3, 0.4) is 0 Å². The molecule has 1 aliphatic heterocycles. The Morgan fingerprint density at radius 3 is 2.69 bits per heavy atom. The SMILES string of the molecule is Cc1ccc(NC(=O)COC(=O)[C@@H]2CC(=O)N(CCc3ccccc3)C2)c(Cl)c1. The Labute approximate surface area is 174 Å². The van der Waals surface area contributed by atoms with E-state index in [1.165, 1.54) is 0 Å². The van der Waals surface area contributed by atoms with Crippen molar-refractivity contribution in [1.29, 1.82) is 0 Å². The monoisotopic (exact) mass is 414 g/mol. The fourth-order valence-corrected chi connectivity index (χ4v) is 3.50. The number of aryl methyl sites for hydroxylation is 1. The van der Waals surface area contributed by atoms with Crippen molar-refractivity contribution in [2.24, 2.45) is 5.92 Å².